The zero-order chi connectivity index (χ0) is 14.8. The van der Waals surface area contributed by atoms with Crippen molar-refractivity contribution in [1.82, 2.24) is 0 Å². The summed E-state index contributed by atoms with van der Waals surface area (Å²) in [6.07, 6.45) is -0.387. The van der Waals surface area contributed by atoms with Gasteiger partial charge in [0.05, 0.1) is 6.10 Å². The minimum atomic E-state index is -0.680. The van der Waals surface area contributed by atoms with Crippen molar-refractivity contribution in [2.24, 2.45) is 0 Å². The van der Waals surface area contributed by atoms with Gasteiger partial charge >= 0.3 is 0 Å². The van der Waals surface area contributed by atoms with E-state index in [2.05, 4.69) is 20.8 Å². The monoisotopic (exact) mass is 272 g/mol. The van der Waals surface area contributed by atoms with Crippen LogP contribution in [0.1, 0.15) is 43.6 Å². The van der Waals surface area contributed by atoms with Crippen LogP contribution in [-0.2, 0) is 11.8 Å². The predicted molar refractivity (Wildman–Crippen MR) is 80.2 cm³/mol. The standard InChI is InChI=1S/C18H21FO/c1-18(2,3)15-10-8-13(9-11-15)17(20)12-14-6-4-5-7-16(14)19/h4-11,17,20H,12H2,1-3H3. The second-order valence-corrected chi connectivity index (χ2v) is 6.18. The molecule has 0 amide bonds. The minimum absolute atomic E-state index is 0.0923. The van der Waals surface area contributed by atoms with Crippen molar-refractivity contribution in [3.05, 3.63) is 71.0 Å². The van der Waals surface area contributed by atoms with Crippen molar-refractivity contribution in [1.29, 1.82) is 0 Å². The average molecular weight is 272 g/mol. The van der Waals surface area contributed by atoms with Crippen LogP contribution in [0.3, 0.4) is 0 Å². The fourth-order valence-electron chi connectivity index (χ4n) is 2.20. The average Bonchev–Trinajstić information content (AvgIpc) is 2.40. The van der Waals surface area contributed by atoms with Gasteiger partial charge in [0.15, 0.2) is 0 Å². The normalized spacial score (nSPS) is 13.2. The summed E-state index contributed by atoms with van der Waals surface area (Å²) >= 11 is 0. The Balaban J connectivity index is 2.14. The van der Waals surface area contributed by atoms with E-state index in [0.29, 0.717) is 12.0 Å². The van der Waals surface area contributed by atoms with E-state index < -0.39 is 6.10 Å². The van der Waals surface area contributed by atoms with Crippen LogP contribution in [0.4, 0.5) is 4.39 Å². The van der Waals surface area contributed by atoms with Crippen molar-refractivity contribution in [2.75, 3.05) is 0 Å². The largest absolute Gasteiger partial charge is 0.388 e. The molecule has 1 nitrogen and oxygen atoms in total. The molecule has 0 bridgehead atoms. The summed E-state index contributed by atoms with van der Waals surface area (Å²) in [5.41, 5.74) is 2.68. The van der Waals surface area contributed by atoms with Gasteiger partial charge in [0.25, 0.3) is 0 Å². The van der Waals surface area contributed by atoms with Gasteiger partial charge in [-0.15, -0.1) is 0 Å². The predicted octanol–water partition coefficient (Wildman–Crippen LogP) is 4.40. The Morgan fingerprint density at radius 2 is 1.60 bits per heavy atom. The Morgan fingerprint density at radius 3 is 2.15 bits per heavy atom. The molecule has 0 aliphatic rings. The van der Waals surface area contributed by atoms with Crippen LogP contribution >= 0.6 is 0 Å². The summed E-state index contributed by atoms with van der Waals surface area (Å²) in [4.78, 5) is 0. The van der Waals surface area contributed by atoms with Crippen LogP contribution in [0.25, 0.3) is 0 Å². The molecule has 2 aromatic carbocycles. The van der Waals surface area contributed by atoms with E-state index >= 15 is 0 Å². The molecule has 0 radical (unpaired) electrons. The van der Waals surface area contributed by atoms with E-state index in [9.17, 15) is 9.50 Å². The van der Waals surface area contributed by atoms with Gasteiger partial charge in [-0.3, -0.25) is 0 Å². The lowest BCUT2D eigenvalue weighted by Crippen LogP contribution is -2.11. The molecule has 106 valence electrons. The van der Waals surface area contributed by atoms with Crippen LogP contribution in [-0.4, -0.2) is 5.11 Å². The Labute approximate surface area is 120 Å². The molecule has 0 saturated carbocycles. The van der Waals surface area contributed by atoms with Gasteiger partial charge in [0.2, 0.25) is 0 Å². The lowest BCUT2D eigenvalue weighted by atomic mass is 9.86. The van der Waals surface area contributed by atoms with E-state index in [4.69, 9.17) is 0 Å². The molecular formula is C18H21FO. The highest BCUT2D eigenvalue weighted by atomic mass is 19.1. The first kappa shape index (κ1) is 14.7. The molecule has 0 aromatic heterocycles. The van der Waals surface area contributed by atoms with Crippen LogP contribution < -0.4 is 0 Å². The van der Waals surface area contributed by atoms with E-state index in [-0.39, 0.29) is 11.2 Å². The van der Waals surface area contributed by atoms with Gasteiger partial charge in [-0.1, -0.05) is 63.2 Å². The van der Waals surface area contributed by atoms with E-state index in [0.717, 1.165) is 5.56 Å². The number of aliphatic hydroxyl groups excluding tert-OH is 1. The van der Waals surface area contributed by atoms with Crippen LogP contribution in [0.5, 0.6) is 0 Å². The summed E-state index contributed by atoms with van der Waals surface area (Å²) in [7, 11) is 0. The van der Waals surface area contributed by atoms with E-state index in [1.54, 1.807) is 18.2 Å². The third-order valence-electron chi connectivity index (χ3n) is 3.53. The molecule has 1 N–H and O–H groups in total. The maximum absolute atomic E-state index is 13.6. The van der Waals surface area contributed by atoms with E-state index in [1.807, 2.05) is 24.3 Å². The molecule has 2 aromatic rings. The number of hydrogen-bond donors (Lipinski definition) is 1. The highest BCUT2D eigenvalue weighted by Crippen LogP contribution is 2.25. The topological polar surface area (TPSA) is 20.2 Å². The first-order valence-electron chi connectivity index (χ1n) is 6.90. The van der Waals surface area contributed by atoms with Gasteiger partial charge in [0.1, 0.15) is 5.82 Å². The first-order valence-corrected chi connectivity index (χ1v) is 6.90. The summed E-state index contributed by atoms with van der Waals surface area (Å²) in [6.45, 7) is 6.45. The highest BCUT2D eigenvalue weighted by Gasteiger charge is 2.15. The first-order chi connectivity index (χ1) is 9.38. The molecule has 2 rings (SSSR count). The van der Waals surface area contributed by atoms with Crippen LogP contribution in [0.15, 0.2) is 48.5 Å². The third-order valence-corrected chi connectivity index (χ3v) is 3.53. The summed E-state index contributed by atoms with van der Waals surface area (Å²) in [5, 5.41) is 10.2. The number of hydrogen-bond acceptors (Lipinski definition) is 1. The molecule has 0 aliphatic heterocycles. The SMILES string of the molecule is CC(C)(C)c1ccc(C(O)Cc2ccccc2F)cc1. The Hall–Kier alpha value is -1.67. The van der Waals surface area contributed by atoms with Crippen molar-refractivity contribution in [3.63, 3.8) is 0 Å². The lowest BCUT2D eigenvalue weighted by molar-refractivity contribution is 0.177. The number of aliphatic hydroxyl groups is 1. The molecule has 1 atom stereocenters. The molecular weight excluding hydrogens is 251 g/mol. The van der Waals surface area contributed by atoms with Crippen LogP contribution in [0, 0.1) is 5.82 Å². The second kappa shape index (κ2) is 5.76. The maximum Gasteiger partial charge on any atom is 0.126 e. The van der Waals surface area contributed by atoms with Crippen molar-refractivity contribution in [2.45, 2.75) is 38.7 Å². The second-order valence-electron chi connectivity index (χ2n) is 6.18. The molecule has 0 saturated heterocycles. The molecule has 0 heterocycles. The van der Waals surface area contributed by atoms with Gasteiger partial charge in [-0.2, -0.15) is 0 Å². The number of halogens is 1. The quantitative estimate of drug-likeness (QED) is 0.878. The van der Waals surface area contributed by atoms with Gasteiger partial charge < -0.3 is 5.11 Å². The van der Waals surface area contributed by atoms with Crippen molar-refractivity contribution >= 4 is 0 Å². The fraction of sp³-hybridized carbons (Fsp3) is 0.333. The highest BCUT2D eigenvalue weighted by molar-refractivity contribution is 5.30. The van der Waals surface area contributed by atoms with Crippen molar-refractivity contribution < 1.29 is 9.50 Å². The Morgan fingerprint density at radius 1 is 1.00 bits per heavy atom. The zero-order valence-electron chi connectivity index (χ0n) is 12.2. The molecule has 0 aliphatic carbocycles. The number of rotatable bonds is 3. The van der Waals surface area contributed by atoms with Gasteiger partial charge in [0, 0.05) is 6.42 Å². The smallest absolute Gasteiger partial charge is 0.126 e. The molecule has 0 fully saturated rings. The fourth-order valence-corrected chi connectivity index (χ4v) is 2.20. The van der Waals surface area contributed by atoms with Gasteiger partial charge in [-0.25, -0.2) is 4.39 Å². The summed E-state index contributed by atoms with van der Waals surface area (Å²) in [6, 6.07) is 14.5. The zero-order valence-corrected chi connectivity index (χ0v) is 12.2. The number of benzene rings is 2. The maximum atomic E-state index is 13.6. The van der Waals surface area contributed by atoms with Crippen molar-refractivity contribution in [3.8, 4) is 0 Å². The molecule has 1 unspecified atom stereocenters. The molecule has 20 heavy (non-hydrogen) atoms. The Bertz CT molecular complexity index is 567. The van der Waals surface area contributed by atoms with Crippen LogP contribution in [0.2, 0.25) is 0 Å². The third kappa shape index (κ3) is 3.45. The summed E-state index contributed by atoms with van der Waals surface area (Å²) < 4.78 is 13.6. The van der Waals surface area contributed by atoms with E-state index in [1.165, 1.54) is 11.6 Å². The minimum Gasteiger partial charge on any atom is -0.388 e. The summed E-state index contributed by atoms with van der Waals surface area (Å²) in [5.74, 6) is -0.266. The van der Waals surface area contributed by atoms with Gasteiger partial charge in [-0.05, 0) is 28.2 Å². The molecule has 0 spiro atoms. The molecule has 2 heteroatoms. The Kier molecular flexibility index (Phi) is 4.24. The lowest BCUT2D eigenvalue weighted by Gasteiger charge is -2.20.